The molecule has 1 aliphatic heterocycles. The highest BCUT2D eigenvalue weighted by molar-refractivity contribution is 5.02. The monoisotopic (exact) mass is 196 g/mol. The smallest absolute Gasteiger partial charge is 0.101 e. The molecule has 1 fully saturated rings. The van der Waals surface area contributed by atoms with Gasteiger partial charge in [-0.05, 0) is 19.9 Å². The number of hydrogen-bond donors (Lipinski definition) is 2. The van der Waals surface area contributed by atoms with E-state index in [2.05, 4.69) is 15.6 Å². The average molecular weight is 196 g/mol. The van der Waals surface area contributed by atoms with Crippen LogP contribution in [0, 0.1) is 5.92 Å². The van der Waals surface area contributed by atoms with Gasteiger partial charge in [-0.15, -0.1) is 5.10 Å². The Hall–Kier alpha value is -0.940. The van der Waals surface area contributed by atoms with Crippen molar-refractivity contribution in [2.75, 3.05) is 13.1 Å². The van der Waals surface area contributed by atoms with E-state index in [-0.39, 0.29) is 0 Å². The van der Waals surface area contributed by atoms with E-state index in [1.165, 1.54) is 0 Å². The Bertz CT molecular complexity index is 293. The van der Waals surface area contributed by atoms with E-state index in [0.29, 0.717) is 5.92 Å². The highest BCUT2D eigenvalue weighted by atomic mass is 16.3. The molecule has 5 heteroatoms. The van der Waals surface area contributed by atoms with Gasteiger partial charge in [0.2, 0.25) is 0 Å². The van der Waals surface area contributed by atoms with Gasteiger partial charge in [-0.3, -0.25) is 0 Å². The third-order valence-electron chi connectivity index (χ3n) is 2.80. The minimum absolute atomic E-state index is 0.304. The molecule has 2 N–H and O–H groups in total. The molecular formula is C9H16N4O. The molecule has 1 aromatic heterocycles. The third-order valence-corrected chi connectivity index (χ3v) is 2.80. The first-order valence-electron chi connectivity index (χ1n) is 5.10. The summed E-state index contributed by atoms with van der Waals surface area (Å²) in [4.78, 5) is 0. The minimum Gasteiger partial charge on any atom is -0.386 e. The van der Waals surface area contributed by atoms with Crippen LogP contribution in [0.1, 0.15) is 25.1 Å². The fourth-order valence-electron chi connectivity index (χ4n) is 1.93. The van der Waals surface area contributed by atoms with Crippen LogP contribution in [0.3, 0.4) is 0 Å². The van der Waals surface area contributed by atoms with Crippen molar-refractivity contribution in [3.05, 3.63) is 11.9 Å². The van der Waals surface area contributed by atoms with Crippen molar-refractivity contribution in [3.8, 4) is 0 Å². The second-order valence-corrected chi connectivity index (χ2v) is 3.67. The van der Waals surface area contributed by atoms with Crippen LogP contribution in [0.25, 0.3) is 0 Å². The Balaban J connectivity index is 2.12. The number of rotatable bonds is 3. The number of aryl methyl sites for hydroxylation is 1. The molecule has 2 atom stereocenters. The summed E-state index contributed by atoms with van der Waals surface area (Å²) in [6, 6.07) is 0. The Labute approximate surface area is 83.1 Å². The standard InChI is InChI=1S/C9H16N4O/c1-2-13-8(6-11-12-13)9(14)7-3-4-10-5-7/h6-7,9-10,14H,2-5H2,1H3/t7-,9?/m0/s1. The maximum atomic E-state index is 10.1. The van der Waals surface area contributed by atoms with E-state index in [4.69, 9.17) is 0 Å². The van der Waals surface area contributed by atoms with Crippen LogP contribution >= 0.6 is 0 Å². The Morgan fingerprint density at radius 2 is 2.64 bits per heavy atom. The molecule has 0 saturated carbocycles. The summed E-state index contributed by atoms with van der Waals surface area (Å²) in [7, 11) is 0. The van der Waals surface area contributed by atoms with Crippen molar-refractivity contribution in [2.24, 2.45) is 5.92 Å². The second-order valence-electron chi connectivity index (χ2n) is 3.67. The van der Waals surface area contributed by atoms with Crippen LogP contribution in [0.15, 0.2) is 6.20 Å². The van der Waals surface area contributed by atoms with Crippen molar-refractivity contribution < 1.29 is 5.11 Å². The lowest BCUT2D eigenvalue weighted by molar-refractivity contribution is 0.109. The van der Waals surface area contributed by atoms with Gasteiger partial charge < -0.3 is 10.4 Å². The zero-order valence-electron chi connectivity index (χ0n) is 8.35. The summed E-state index contributed by atoms with van der Waals surface area (Å²) in [6.07, 6.45) is 2.25. The first-order chi connectivity index (χ1) is 6.83. The number of aliphatic hydroxyl groups is 1. The van der Waals surface area contributed by atoms with E-state index in [1.807, 2.05) is 6.92 Å². The van der Waals surface area contributed by atoms with Crippen LogP contribution < -0.4 is 5.32 Å². The average Bonchev–Trinajstić information content (AvgIpc) is 2.87. The second kappa shape index (κ2) is 4.06. The first kappa shape index (κ1) is 9.61. The van der Waals surface area contributed by atoms with Gasteiger partial charge in [-0.25, -0.2) is 4.68 Å². The highest BCUT2D eigenvalue weighted by Crippen LogP contribution is 2.25. The molecule has 0 amide bonds. The largest absolute Gasteiger partial charge is 0.386 e. The summed E-state index contributed by atoms with van der Waals surface area (Å²) < 4.78 is 1.75. The van der Waals surface area contributed by atoms with E-state index < -0.39 is 6.10 Å². The van der Waals surface area contributed by atoms with Gasteiger partial charge in [0.05, 0.1) is 11.9 Å². The molecule has 0 spiro atoms. The van der Waals surface area contributed by atoms with Crippen LogP contribution in [-0.4, -0.2) is 33.2 Å². The van der Waals surface area contributed by atoms with Gasteiger partial charge >= 0.3 is 0 Å². The molecule has 0 aliphatic carbocycles. The number of nitrogens with one attached hydrogen (secondary N) is 1. The zero-order valence-corrected chi connectivity index (χ0v) is 8.35. The van der Waals surface area contributed by atoms with E-state index in [1.54, 1.807) is 10.9 Å². The molecule has 2 rings (SSSR count). The summed E-state index contributed by atoms with van der Waals surface area (Å²) in [5.74, 6) is 0.304. The van der Waals surface area contributed by atoms with Gasteiger partial charge in [0.15, 0.2) is 0 Å². The van der Waals surface area contributed by atoms with E-state index >= 15 is 0 Å². The molecule has 2 heterocycles. The molecule has 1 aromatic rings. The van der Waals surface area contributed by atoms with Crippen molar-refractivity contribution in [2.45, 2.75) is 26.0 Å². The first-order valence-corrected chi connectivity index (χ1v) is 5.10. The predicted octanol–water partition coefficient (Wildman–Crippen LogP) is -0.0591. The van der Waals surface area contributed by atoms with Crippen LogP contribution in [0.5, 0.6) is 0 Å². The molecule has 0 bridgehead atoms. The highest BCUT2D eigenvalue weighted by Gasteiger charge is 2.26. The molecule has 5 nitrogen and oxygen atoms in total. The van der Waals surface area contributed by atoms with E-state index in [9.17, 15) is 5.11 Å². The van der Waals surface area contributed by atoms with Gasteiger partial charge in [-0.2, -0.15) is 0 Å². The number of aliphatic hydroxyl groups excluding tert-OH is 1. The minimum atomic E-state index is -0.431. The quantitative estimate of drug-likeness (QED) is 0.711. The number of aromatic nitrogens is 3. The Kier molecular flexibility index (Phi) is 2.79. The summed E-state index contributed by atoms with van der Waals surface area (Å²) >= 11 is 0. The molecule has 78 valence electrons. The summed E-state index contributed by atoms with van der Waals surface area (Å²) in [6.45, 7) is 4.63. The van der Waals surface area contributed by atoms with Crippen molar-refractivity contribution in [1.82, 2.24) is 20.3 Å². The number of hydrogen-bond acceptors (Lipinski definition) is 4. The Morgan fingerprint density at radius 1 is 1.79 bits per heavy atom. The van der Waals surface area contributed by atoms with Crippen LogP contribution in [0.2, 0.25) is 0 Å². The van der Waals surface area contributed by atoms with E-state index in [0.717, 1.165) is 31.7 Å². The van der Waals surface area contributed by atoms with Gasteiger partial charge in [0, 0.05) is 19.0 Å². The van der Waals surface area contributed by atoms with Gasteiger partial charge in [0.1, 0.15) is 6.10 Å². The summed E-state index contributed by atoms with van der Waals surface area (Å²) in [5.41, 5.74) is 0.834. The molecule has 1 aliphatic rings. The molecule has 1 saturated heterocycles. The van der Waals surface area contributed by atoms with Crippen molar-refractivity contribution in [1.29, 1.82) is 0 Å². The SMILES string of the molecule is CCn1nncc1C(O)[C@H]1CCNC1. The normalized spacial score (nSPS) is 24.0. The topological polar surface area (TPSA) is 63.0 Å². The van der Waals surface area contributed by atoms with Crippen molar-refractivity contribution >= 4 is 0 Å². The maximum absolute atomic E-state index is 10.1. The predicted molar refractivity (Wildman–Crippen MR) is 51.6 cm³/mol. The van der Waals surface area contributed by atoms with Crippen LogP contribution in [-0.2, 0) is 6.54 Å². The van der Waals surface area contributed by atoms with Crippen molar-refractivity contribution in [3.63, 3.8) is 0 Å². The zero-order chi connectivity index (χ0) is 9.97. The lowest BCUT2D eigenvalue weighted by Gasteiger charge is -2.16. The van der Waals surface area contributed by atoms with Crippen LogP contribution in [0.4, 0.5) is 0 Å². The Morgan fingerprint density at radius 3 is 3.29 bits per heavy atom. The lowest BCUT2D eigenvalue weighted by atomic mass is 9.99. The summed E-state index contributed by atoms with van der Waals surface area (Å²) in [5, 5.41) is 21.1. The molecule has 1 unspecified atom stereocenters. The van der Waals surface area contributed by atoms with Gasteiger partial charge in [-0.1, -0.05) is 5.21 Å². The molecule has 0 radical (unpaired) electrons. The fraction of sp³-hybridized carbons (Fsp3) is 0.778. The lowest BCUT2D eigenvalue weighted by Crippen LogP contribution is -2.19. The maximum Gasteiger partial charge on any atom is 0.101 e. The fourth-order valence-corrected chi connectivity index (χ4v) is 1.93. The number of nitrogens with zero attached hydrogens (tertiary/aromatic N) is 3. The third kappa shape index (κ3) is 1.65. The molecular weight excluding hydrogens is 180 g/mol. The molecule has 14 heavy (non-hydrogen) atoms. The molecule has 0 aromatic carbocycles. The van der Waals surface area contributed by atoms with Gasteiger partial charge in [0.25, 0.3) is 0 Å².